The number of aromatic nitrogens is 1. The van der Waals surface area contributed by atoms with Crippen LogP contribution in [0.5, 0.6) is 5.75 Å². The van der Waals surface area contributed by atoms with Gasteiger partial charge in [-0.2, -0.15) is 4.99 Å². The van der Waals surface area contributed by atoms with E-state index in [1.807, 2.05) is 61.5 Å². The van der Waals surface area contributed by atoms with Gasteiger partial charge < -0.3 is 15.4 Å². The molecule has 1 aromatic heterocycles. The van der Waals surface area contributed by atoms with Gasteiger partial charge >= 0.3 is 0 Å². The summed E-state index contributed by atoms with van der Waals surface area (Å²) in [4.78, 5) is 4.60. The molecule has 0 spiro atoms. The van der Waals surface area contributed by atoms with Crippen LogP contribution < -0.4 is 5.73 Å². The predicted octanol–water partition coefficient (Wildman–Crippen LogP) is 10.2. The van der Waals surface area contributed by atoms with E-state index in [4.69, 9.17) is 10.3 Å². The third-order valence-corrected chi connectivity index (χ3v) is 9.09. The molecule has 7 aromatic carbocycles. The molecule has 0 aliphatic rings. The molecule has 0 fully saturated rings. The van der Waals surface area contributed by atoms with Crippen LogP contribution in [0.4, 0.5) is 10.3 Å². The summed E-state index contributed by atoms with van der Waals surface area (Å²) in [6.45, 7) is 2.03. The van der Waals surface area contributed by atoms with Crippen molar-refractivity contribution in [3.8, 4) is 16.9 Å². The van der Waals surface area contributed by atoms with E-state index < -0.39 is 0 Å². The number of amidine groups is 1. The highest BCUT2D eigenvalue weighted by atomic mass is 19.1. The van der Waals surface area contributed by atoms with Crippen LogP contribution in [0.1, 0.15) is 29.7 Å². The van der Waals surface area contributed by atoms with Crippen molar-refractivity contribution in [1.82, 2.24) is 5.16 Å². The Morgan fingerprint density at radius 1 is 0.766 bits per heavy atom. The van der Waals surface area contributed by atoms with Gasteiger partial charge in [0.05, 0.1) is 5.69 Å². The zero-order valence-electron chi connectivity index (χ0n) is 25.6. The molecule has 0 aliphatic heterocycles. The Kier molecular flexibility index (Phi) is 6.91. The Labute approximate surface area is 270 Å². The van der Waals surface area contributed by atoms with Gasteiger partial charge in [-0.25, -0.2) is 4.39 Å². The molecular formula is C41H30FN3O2. The van der Waals surface area contributed by atoms with Gasteiger partial charge in [0.15, 0.2) is 0 Å². The minimum atomic E-state index is -0.256. The van der Waals surface area contributed by atoms with Crippen molar-refractivity contribution in [3.63, 3.8) is 0 Å². The zero-order valence-corrected chi connectivity index (χ0v) is 25.6. The number of hydrogen-bond donors (Lipinski definition) is 2. The van der Waals surface area contributed by atoms with Crippen LogP contribution in [0.3, 0.4) is 0 Å². The first-order chi connectivity index (χ1) is 22.9. The Hall–Kier alpha value is -6.01. The number of phenolic OH excluding ortho intramolecular Hbond substituents is 1. The summed E-state index contributed by atoms with van der Waals surface area (Å²) in [5.74, 6) is 0.423. The first-order valence-corrected chi connectivity index (χ1v) is 15.6. The second-order valence-electron chi connectivity index (χ2n) is 12.0. The number of fused-ring (bicyclic) bond motifs is 7. The number of nitrogens with two attached hydrogens (primary N) is 1. The molecule has 0 bridgehead atoms. The Morgan fingerprint density at radius 2 is 1.47 bits per heavy atom. The van der Waals surface area contributed by atoms with Crippen LogP contribution in [0.25, 0.3) is 54.2 Å². The summed E-state index contributed by atoms with van der Waals surface area (Å²) in [6, 6.07) is 40.9. The van der Waals surface area contributed by atoms with Gasteiger partial charge in [0.2, 0.25) is 0 Å². The number of hydrogen-bond acceptors (Lipinski definition) is 4. The van der Waals surface area contributed by atoms with Gasteiger partial charge in [-0.15, -0.1) is 0 Å². The van der Waals surface area contributed by atoms with Crippen LogP contribution >= 0.6 is 0 Å². The molecule has 6 heteroatoms. The van der Waals surface area contributed by atoms with Gasteiger partial charge in [-0.1, -0.05) is 109 Å². The molecule has 0 amide bonds. The van der Waals surface area contributed by atoms with Crippen LogP contribution in [0, 0.1) is 5.82 Å². The maximum Gasteiger partial charge on any atom is 0.252 e. The Bertz CT molecular complexity index is 2500. The van der Waals surface area contributed by atoms with E-state index in [0.717, 1.165) is 38.1 Å². The van der Waals surface area contributed by atoms with Crippen molar-refractivity contribution in [2.45, 2.75) is 19.3 Å². The van der Waals surface area contributed by atoms with E-state index in [-0.39, 0.29) is 29.2 Å². The number of aliphatic imine (C=N–C) groups is 1. The normalized spacial score (nSPS) is 12.8. The molecular weight excluding hydrogens is 585 g/mol. The average molecular weight is 616 g/mol. The minimum absolute atomic E-state index is 0.00653. The highest BCUT2D eigenvalue weighted by Crippen LogP contribution is 2.39. The second-order valence-corrected chi connectivity index (χ2v) is 12.0. The molecule has 0 saturated heterocycles. The van der Waals surface area contributed by atoms with Crippen molar-refractivity contribution in [2.75, 3.05) is 0 Å². The largest absolute Gasteiger partial charge is 0.507 e. The first kappa shape index (κ1) is 28.5. The van der Waals surface area contributed by atoms with Crippen molar-refractivity contribution in [3.05, 3.63) is 150 Å². The highest BCUT2D eigenvalue weighted by Gasteiger charge is 2.17. The summed E-state index contributed by atoms with van der Waals surface area (Å²) < 4.78 is 20.6. The molecule has 8 aromatic rings. The summed E-state index contributed by atoms with van der Waals surface area (Å²) in [5, 5.41) is 23.2. The van der Waals surface area contributed by atoms with Crippen LogP contribution in [-0.4, -0.2) is 16.1 Å². The molecule has 0 aliphatic carbocycles. The van der Waals surface area contributed by atoms with E-state index in [9.17, 15) is 5.11 Å². The number of halogens is 1. The fourth-order valence-corrected chi connectivity index (χ4v) is 6.71. The SMILES string of the molecule is CC(Cc1cc(N=C(N)c2ccc(O)c3ccc4c5ccc6ccccc6c5ccc4c23)on1)c1ccc(-c2ccccc2)c(F)c1. The van der Waals surface area contributed by atoms with Gasteiger partial charge in [0, 0.05) is 28.0 Å². The van der Waals surface area contributed by atoms with Crippen LogP contribution in [-0.2, 0) is 6.42 Å². The van der Waals surface area contributed by atoms with Crippen molar-refractivity contribution >= 4 is 54.8 Å². The molecule has 1 atom stereocenters. The zero-order chi connectivity index (χ0) is 32.1. The quantitative estimate of drug-likeness (QED) is 0.111. The predicted molar refractivity (Wildman–Crippen MR) is 189 cm³/mol. The fraction of sp³-hybridized carbons (Fsp3) is 0.0732. The van der Waals surface area contributed by atoms with Crippen LogP contribution in [0.15, 0.2) is 137 Å². The number of nitrogens with zero attached hydrogens (tertiary/aromatic N) is 2. The summed E-state index contributed by atoms with van der Waals surface area (Å²) in [6.07, 6.45) is 0.539. The van der Waals surface area contributed by atoms with E-state index in [1.54, 1.807) is 24.3 Å². The second kappa shape index (κ2) is 11.4. The average Bonchev–Trinajstić information content (AvgIpc) is 3.54. The smallest absolute Gasteiger partial charge is 0.252 e. The number of aromatic hydroxyl groups is 1. The first-order valence-electron chi connectivity index (χ1n) is 15.6. The fourth-order valence-electron chi connectivity index (χ4n) is 6.71. The van der Waals surface area contributed by atoms with Crippen molar-refractivity contribution < 1.29 is 14.0 Å². The third-order valence-electron chi connectivity index (χ3n) is 9.09. The van der Waals surface area contributed by atoms with Gasteiger partial charge in [-0.05, 0) is 80.0 Å². The highest BCUT2D eigenvalue weighted by molar-refractivity contribution is 6.26. The molecule has 47 heavy (non-hydrogen) atoms. The maximum absolute atomic E-state index is 15.0. The molecule has 5 nitrogen and oxygen atoms in total. The number of benzene rings is 7. The standard InChI is InChI=1S/C41H30FN3O2/c1-24(27-12-13-30(37(42)22-27)25-7-3-2-4-8-25)21-28-23-39(47-45-28)44-41(43)36-19-20-38(46)35-18-16-33-32-14-11-26-9-5-6-10-29(26)31(32)15-17-34(33)40(35)36/h2-20,22-24,46H,21H2,1H3,(H2,43,44). The van der Waals surface area contributed by atoms with Gasteiger partial charge in [-0.3, -0.25) is 0 Å². The monoisotopic (exact) mass is 615 g/mol. The molecule has 1 unspecified atom stereocenters. The van der Waals surface area contributed by atoms with E-state index in [1.165, 1.54) is 10.8 Å². The third kappa shape index (κ3) is 5.04. The molecule has 0 saturated carbocycles. The molecule has 8 rings (SSSR count). The molecule has 228 valence electrons. The van der Waals surface area contributed by atoms with E-state index >= 15 is 4.39 Å². The number of rotatable bonds is 6. The lowest BCUT2D eigenvalue weighted by atomic mass is 9.92. The summed E-state index contributed by atoms with van der Waals surface area (Å²) >= 11 is 0. The molecule has 0 radical (unpaired) electrons. The topological polar surface area (TPSA) is 84.6 Å². The van der Waals surface area contributed by atoms with Gasteiger partial charge in [0.1, 0.15) is 17.4 Å². The summed E-state index contributed by atoms with van der Waals surface area (Å²) in [7, 11) is 0. The number of phenols is 1. The van der Waals surface area contributed by atoms with Crippen LogP contribution in [0.2, 0.25) is 0 Å². The summed E-state index contributed by atoms with van der Waals surface area (Å²) in [5.41, 5.74) is 10.3. The lowest BCUT2D eigenvalue weighted by Gasteiger charge is -2.13. The maximum atomic E-state index is 15.0. The van der Waals surface area contributed by atoms with E-state index in [2.05, 4.69) is 58.7 Å². The van der Waals surface area contributed by atoms with Crippen molar-refractivity contribution in [1.29, 1.82) is 0 Å². The molecule has 1 heterocycles. The minimum Gasteiger partial charge on any atom is -0.507 e. The van der Waals surface area contributed by atoms with Gasteiger partial charge in [0.25, 0.3) is 5.88 Å². The van der Waals surface area contributed by atoms with Crippen molar-refractivity contribution in [2.24, 2.45) is 10.7 Å². The lowest BCUT2D eigenvalue weighted by molar-refractivity contribution is 0.419. The lowest BCUT2D eigenvalue weighted by Crippen LogP contribution is -2.13. The molecule has 3 N–H and O–H groups in total. The Morgan fingerprint density at radius 3 is 2.30 bits per heavy atom. The van der Waals surface area contributed by atoms with E-state index in [0.29, 0.717) is 28.6 Å². The Balaban J connectivity index is 1.12.